The second-order valence-corrected chi connectivity index (χ2v) is 4.92. The number of hydrogen-bond acceptors (Lipinski definition) is 3. The molecular formula is C14H18N2O. The van der Waals surface area contributed by atoms with Gasteiger partial charge in [0.2, 0.25) is 0 Å². The number of hydrogen-bond donors (Lipinski definition) is 1. The third-order valence-electron chi connectivity index (χ3n) is 3.15. The first-order valence-electron chi connectivity index (χ1n) is 6.02. The van der Waals surface area contributed by atoms with E-state index in [-0.39, 0.29) is 12.7 Å². The summed E-state index contributed by atoms with van der Waals surface area (Å²) in [5.74, 6) is 0. The summed E-state index contributed by atoms with van der Waals surface area (Å²) in [5.41, 5.74) is 7.49. The van der Waals surface area contributed by atoms with E-state index < -0.39 is 5.54 Å². The van der Waals surface area contributed by atoms with E-state index >= 15 is 0 Å². The van der Waals surface area contributed by atoms with Crippen molar-refractivity contribution in [1.29, 1.82) is 5.26 Å². The summed E-state index contributed by atoms with van der Waals surface area (Å²) in [6.07, 6.45) is 3.36. The lowest BCUT2D eigenvalue weighted by atomic mass is 9.89. The standard InChI is InChI=1S/C14H18N2O/c1-14(16,9-15)10-17-13-8-4-6-11-5-2-3-7-12(11)13/h2-3,5,7,13H,4,6,8,10,16H2,1H3. The smallest absolute Gasteiger partial charge is 0.125 e. The predicted octanol–water partition coefficient (Wildman–Crippen LogP) is 2.32. The summed E-state index contributed by atoms with van der Waals surface area (Å²) in [4.78, 5) is 0. The van der Waals surface area contributed by atoms with Gasteiger partial charge in [0.05, 0.1) is 18.8 Å². The molecule has 1 aliphatic rings. The van der Waals surface area contributed by atoms with Crippen LogP contribution >= 0.6 is 0 Å². The summed E-state index contributed by atoms with van der Waals surface area (Å²) in [7, 11) is 0. The van der Waals surface area contributed by atoms with Crippen LogP contribution in [0, 0.1) is 11.3 Å². The molecule has 2 atom stereocenters. The normalized spacial score (nSPS) is 22.3. The van der Waals surface area contributed by atoms with Crippen molar-refractivity contribution in [1.82, 2.24) is 0 Å². The molecule has 17 heavy (non-hydrogen) atoms. The Morgan fingerprint density at radius 2 is 2.29 bits per heavy atom. The van der Waals surface area contributed by atoms with Crippen molar-refractivity contribution < 1.29 is 4.74 Å². The predicted molar refractivity (Wildman–Crippen MR) is 66.3 cm³/mol. The van der Waals surface area contributed by atoms with Crippen LogP contribution in [-0.2, 0) is 11.2 Å². The van der Waals surface area contributed by atoms with Crippen LogP contribution in [-0.4, -0.2) is 12.1 Å². The van der Waals surface area contributed by atoms with E-state index in [4.69, 9.17) is 15.7 Å². The first-order chi connectivity index (χ1) is 8.12. The van der Waals surface area contributed by atoms with Gasteiger partial charge in [-0.2, -0.15) is 5.26 Å². The van der Waals surface area contributed by atoms with Crippen LogP contribution in [0.1, 0.15) is 37.0 Å². The van der Waals surface area contributed by atoms with Gasteiger partial charge in [-0.15, -0.1) is 0 Å². The quantitative estimate of drug-likeness (QED) is 0.866. The van der Waals surface area contributed by atoms with Crippen LogP contribution < -0.4 is 5.73 Å². The third-order valence-corrected chi connectivity index (χ3v) is 3.15. The van der Waals surface area contributed by atoms with Gasteiger partial charge in [0.25, 0.3) is 0 Å². The van der Waals surface area contributed by atoms with Crippen molar-refractivity contribution in [3.8, 4) is 6.07 Å². The highest BCUT2D eigenvalue weighted by Gasteiger charge is 2.24. The molecule has 0 saturated heterocycles. The Bertz CT molecular complexity index is 434. The molecule has 1 aromatic carbocycles. The highest BCUT2D eigenvalue weighted by Crippen LogP contribution is 2.32. The van der Waals surface area contributed by atoms with E-state index in [1.54, 1.807) is 6.92 Å². The van der Waals surface area contributed by atoms with Crippen LogP contribution in [0.15, 0.2) is 24.3 Å². The van der Waals surface area contributed by atoms with E-state index in [0.29, 0.717) is 0 Å². The molecule has 0 aromatic heterocycles. The molecule has 90 valence electrons. The maximum Gasteiger partial charge on any atom is 0.125 e. The van der Waals surface area contributed by atoms with Crippen molar-refractivity contribution in [3.05, 3.63) is 35.4 Å². The maximum absolute atomic E-state index is 8.86. The molecule has 0 bridgehead atoms. The molecule has 2 rings (SSSR count). The molecule has 0 saturated carbocycles. The molecule has 2 unspecified atom stereocenters. The minimum atomic E-state index is -0.896. The molecule has 0 fully saturated rings. The molecule has 0 spiro atoms. The highest BCUT2D eigenvalue weighted by molar-refractivity contribution is 5.31. The Kier molecular flexibility index (Phi) is 3.46. The zero-order valence-corrected chi connectivity index (χ0v) is 10.1. The Balaban J connectivity index is 2.07. The van der Waals surface area contributed by atoms with Crippen LogP contribution in [0.4, 0.5) is 0 Å². The zero-order valence-electron chi connectivity index (χ0n) is 10.1. The Morgan fingerprint density at radius 3 is 3.06 bits per heavy atom. The maximum atomic E-state index is 8.86. The van der Waals surface area contributed by atoms with Gasteiger partial charge < -0.3 is 10.5 Å². The van der Waals surface area contributed by atoms with Gasteiger partial charge in [0.15, 0.2) is 0 Å². The fraction of sp³-hybridized carbons (Fsp3) is 0.500. The zero-order chi connectivity index (χ0) is 12.3. The largest absolute Gasteiger partial charge is 0.371 e. The molecule has 3 nitrogen and oxygen atoms in total. The first kappa shape index (κ1) is 12.1. The van der Waals surface area contributed by atoms with Crippen molar-refractivity contribution in [3.63, 3.8) is 0 Å². The van der Waals surface area contributed by atoms with Crippen molar-refractivity contribution in [2.75, 3.05) is 6.61 Å². The first-order valence-corrected chi connectivity index (χ1v) is 6.02. The van der Waals surface area contributed by atoms with E-state index in [1.807, 2.05) is 6.07 Å². The van der Waals surface area contributed by atoms with E-state index in [9.17, 15) is 0 Å². The number of nitrogens with two attached hydrogens (primary N) is 1. The topological polar surface area (TPSA) is 59.0 Å². The average Bonchev–Trinajstić information content (AvgIpc) is 2.36. The van der Waals surface area contributed by atoms with E-state index in [1.165, 1.54) is 11.1 Å². The molecule has 0 aliphatic heterocycles. The van der Waals surface area contributed by atoms with Crippen molar-refractivity contribution in [2.24, 2.45) is 5.73 Å². The molecular weight excluding hydrogens is 212 g/mol. The molecule has 1 aromatic rings. The Hall–Kier alpha value is -1.37. The number of nitrogens with zero attached hydrogens (tertiary/aromatic N) is 1. The summed E-state index contributed by atoms with van der Waals surface area (Å²) in [6, 6.07) is 10.4. The van der Waals surface area contributed by atoms with Gasteiger partial charge in [-0.1, -0.05) is 24.3 Å². The minimum Gasteiger partial charge on any atom is -0.371 e. The Morgan fingerprint density at radius 1 is 1.53 bits per heavy atom. The fourth-order valence-corrected chi connectivity index (χ4v) is 2.19. The number of ether oxygens (including phenoxy) is 1. The average molecular weight is 230 g/mol. The second kappa shape index (κ2) is 4.87. The second-order valence-electron chi connectivity index (χ2n) is 4.92. The van der Waals surface area contributed by atoms with Crippen LogP contribution in [0.2, 0.25) is 0 Å². The monoisotopic (exact) mass is 230 g/mol. The van der Waals surface area contributed by atoms with Gasteiger partial charge >= 0.3 is 0 Å². The molecule has 3 heteroatoms. The fourth-order valence-electron chi connectivity index (χ4n) is 2.19. The molecule has 0 radical (unpaired) electrons. The molecule has 1 aliphatic carbocycles. The number of nitriles is 1. The number of rotatable bonds is 3. The third kappa shape index (κ3) is 2.85. The number of aryl methyl sites for hydroxylation is 1. The van der Waals surface area contributed by atoms with Crippen LogP contribution in [0.25, 0.3) is 0 Å². The van der Waals surface area contributed by atoms with Gasteiger partial charge in [-0.25, -0.2) is 0 Å². The van der Waals surface area contributed by atoms with Gasteiger partial charge in [0.1, 0.15) is 5.54 Å². The van der Waals surface area contributed by atoms with E-state index in [0.717, 1.165) is 19.3 Å². The number of benzene rings is 1. The summed E-state index contributed by atoms with van der Waals surface area (Å²) >= 11 is 0. The Labute approximate surface area is 102 Å². The number of fused-ring (bicyclic) bond motifs is 1. The SMILES string of the molecule is CC(N)(C#N)COC1CCCc2ccccc21. The lowest BCUT2D eigenvalue weighted by Crippen LogP contribution is -2.40. The van der Waals surface area contributed by atoms with E-state index in [2.05, 4.69) is 24.3 Å². The van der Waals surface area contributed by atoms with Gasteiger partial charge in [-0.3, -0.25) is 0 Å². The summed E-state index contributed by atoms with van der Waals surface area (Å²) in [5, 5.41) is 8.86. The lowest BCUT2D eigenvalue weighted by Gasteiger charge is -2.27. The van der Waals surface area contributed by atoms with Crippen LogP contribution in [0.3, 0.4) is 0 Å². The highest BCUT2D eigenvalue weighted by atomic mass is 16.5. The molecule has 2 N–H and O–H groups in total. The van der Waals surface area contributed by atoms with Crippen LogP contribution in [0.5, 0.6) is 0 Å². The van der Waals surface area contributed by atoms with Gasteiger partial charge in [0, 0.05) is 0 Å². The summed E-state index contributed by atoms with van der Waals surface area (Å²) < 4.78 is 5.82. The molecule has 0 amide bonds. The lowest BCUT2D eigenvalue weighted by molar-refractivity contribution is 0.0235. The minimum absolute atomic E-state index is 0.0937. The van der Waals surface area contributed by atoms with Gasteiger partial charge in [-0.05, 0) is 37.3 Å². The summed E-state index contributed by atoms with van der Waals surface area (Å²) in [6.45, 7) is 1.98. The van der Waals surface area contributed by atoms with Crippen molar-refractivity contribution in [2.45, 2.75) is 37.8 Å². The molecule has 0 heterocycles. The van der Waals surface area contributed by atoms with Crippen molar-refractivity contribution >= 4 is 0 Å².